The van der Waals surface area contributed by atoms with Gasteiger partial charge in [-0.05, 0) is 19.9 Å². The molecule has 1 unspecified atom stereocenters. The van der Waals surface area contributed by atoms with Gasteiger partial charge in [0.2, 0.25) is 5.89 Å². The molecule has 1 heterocycles. The van der Waals surface area contributed by atoms with Crippen molar-refractivity contribution in [1.29, 1.82) is 0 Å². The second-order valence-electron chi connectivity index (χ2n) is 3.08. The summed E-state index contributed by atoms with van der Waals surface area (Å²) in [7, 11) is 0. The molecular weight excluding hydrogens is 166 g/mol. The van der Waals surface area contributed by atoms with E-state index in [0.717, 1.165) is 19.4 Å². The summed E-state index contributed by atoms with van der Waals surface area (Å²) in [6, 6.07) is 0.219. The lowest BCUT2D eigenvalue weighted by Gasteiger charge is -2.11. The van der Waals surface area contributed by atoms with Crippen molar-refractivity contribution in [2.24, 2.45) is 0 Å². The number of aromatic nitrogens is 2. The van der Waals surface area contributed by atoms with Crippen LogP contribution in [0.5, 0.6) is 0 Å². The van der Waals surface area contributed by atoms with Crippen LogP contribution in [0.4, 0.5) is 0 Å². The van der Waals surface area contributed by atoms with Gasteiger partial charge in [0.1, 0.15) is 0 Å². The van der Waals surface area contributed by atoms with Gasteiger partial charge in [-0.3, -0.25) is 0 Å². The Hall–Kier alpha value is -0.900. The van der Waals surface area contributed by atoms with Gasteiger partial charge in [0.25, 0.3) is 0 Å². The lowest BCUT2D eigenvalue weighted by Crippen LogP contribution is -2.20. The Morgan fingerprint density at radius 2 is 2.23 bits per heavy atom. The molecule has 1 atom stereocenters. The minimum absolute atomic E-state index is 0.219. The molecule has 0 radical (unpaired) electrons. The molecule has 13 heavy (non-hydrogen) atoms. The Labute approximate surface area is 78.7 Å². The predicted molar refractivity (Wildman–Crippen MR) is 50.4 cm³/mol. The molecular formula is C9H17N3O. The first kappa shape index (κ1) is 10.2. The summed E-state index contributed by atoms with van der Waals surface area (Å²) in [6.45, 7) is 6.98. The van der Waals surface area contributed by atoms with Crippen LogP contribution >= 0.6 is 0 Å². The van der Waals surface area contributed by atoms with Gasteiger partial charge in [-0.2, -0.15) is 4.98 Å². The molecule has 74 valence electrons. The highest BCUT2D eigenvalue weighted by molar-refractivity contribution is 4.90. The zero-order valence-corrected chi connectivity index (χ0v) is 8.50. The van der Waals surface area contributed by atoms with Gasteiger partial charge in [-0.1, -0.05) is 25.4 Å². The molecule has 0 saturated carbocycles. The molecule has 0 aliphatic carbocycles. The minimum atomic E-state index is 0.219. The van der Waals surface area contributed by atoms with Crippen LogP contribution in [0.15, 0.2) is 4.52 Å². The molecule has 1 aromatic heterocycles. The fourth-order valence-electron chi connectivity index (χ4n) is 1.30. The third kappa shape index (κ3) is 2.81. The molecule has 1 rings (SSSR count). The highest BCUT2D eigenvalue weighted by Gasteiger charge is 2.15. The molecule has 1 aromatic rings. The summed E-state index contributed by atoms with van der Waals surface area (Å²) in [4.78, 5) is 4.21. The van der Waals surface area contributed by atoms with Crippen molar-refractivity contribution < 1.29 is 4.52 Å². The van der Waals surface area contributed by atoms with Crippen LogP contribution < -0.4 is 5.32 Å². The van der Waals surface area contributed by atoms with E-state index < -0.39 is 0 Å². The summed E-state index contributed by atoms with van der Waals surface area (Å²) in [6.07, 6.45) is 2.15. The van der Waals surface area contributed by atoms with Crippen molar-refractivity contribution in [2.75, 3.05) is 6.54 Å². The Morgan fingerprint density at radius 3 is 2.69 bits per heavy atom. The van der Waals surface area contributed by atoms with Gasteiger partial charge < -0.3 is 9.84 Å². The largest absolute Gasteiger partial charge is 0.338 e. The van der Waals surface area contributed by atoms with Gasteiger partial charge in [0.05, 0.1) is 6.04 Å². The maximum atomic E-state index is 5.11. The first-order chi connectivity index (χ1) is 6.27. The first-order valence-corrected chi connectivity index (χ1v) is 4.81. The average molecular weight is 183 g/mol. The molecule has 0 aliphatic heterocycles. The Balaban J connectivity index is 2.63. The zero-order chi connectivity index (χ0) is 9.68. The summed E-state index contributed by atoms with van der Waals surface area (Å²) < 4.78 is 5.11. The maximum absolute atomic E-state index is 5.11. The van der Waals surface area contributed by atoms with Crippen LogP contribution in [0, 0.1) is 6.92 Å². The number of rotatable bonds is 5. The summed E-state index contributed by atoms with van der Waals surface area (Å²) in [5, 5.41) is 7.09. The summed E-state index contributed by atoms with van der Waals surface area (Å²) in [5.41, 5.74) is 0. The summed E-state index contributed by atoms with van der Waals surface area (Å²) in [5.74, 6) is 1.41. The van der Waals surface area contributed by atoms with Gasteiger partial charge >= 0.3 is 0 Å². The van der Waals surface area contributed by atoms with Crippen LogP contribution in [0.2, 0.25) is 0 Å². The molecule has 0 saturated heterocycles. The van der Waals surface area contributed by atoms with Gasteiger partial charge in [0.15, 0.2) is 5.82 Å². The quantitative estimate of drug-likeness (QED) is 0.756. The fraction of sp³-hybridized carbons (Fsp3) is 0.778. The Kier molecular flexibility index (Phi) is 3.89. The van der Waals surface area contributed by atoms with Crippen LogP contribution in [0.25, 0.3) is 0 Å². The van der Waals surface area contributed by atoms with Crippen molar-refractivity contribution in [1.82, 2.24) is 15.5 Å². The van der Waals surface area contributed by atoms with Crippen LogP contribution in [0.3, 0.4) is 0 Å². The highest BCUT2D eigenvalue weighted by Crippen LogP contribution is 2.15. The van der Waals surface area contributed by atoms with Gasteiger partial charge in [0, 0.05) is 0 Å². The average Bonchev–Trinajstić information content (AvgIpc) is 2.51. The second-order valence-corrected chi connectivity index (χ2v) is 3.08. The first-order valence-electron chi connectivity index (χ1n) is 4.81. The van der Waals surface area contributed by atoms with Crippen molar-refractivity contribution in [2.45, 2.75) is 39.7 Å². The lowest BCUT2D eigenvalue weighted by atomic mass is 10.1. The number of nitrogens with zero attached hydrogens (tertiary/aromatic N) is 2. The van der Waals surface area contributed by atoms with Crippen LogP contribution in [-0.2, 0) is 0 Å². The monoisotopic (exact) mass is 183 g/mol. The van der Waals surface area contributed by atoms with E-state index in [1.807, 2.05) is 6.92 Å². The molecule has 4 heteroatoms. The smallest absolute Gasteiger partial charge is 0.243 e. The number of hydrogen-bond acceptors (Lipinski definition) is 4. The number of aryl methyl sites for hydroxylation is 1. The molecule has 0 spiro atoms. The minimum Gasteiger partial charge on any atom is -0.338 e. The van der Waals surface area contributed by atoms with Gasteiger partial charge in [-0.25, -0.2) is 0 Å². The lowest BCUT2D eigenvalue weighted by molar-refractivity contribution is 0.321. The van der Waals surface area contributed by atoms with E-state index in [2.05, 4.69) is 29.3 Å². The number of hydrogen-bond donors (Lipinski definition) is 1. The second kappa shape index (κ2) is 4.97. The SMILES string of the molecule is CCCC(NCC)c1nc(C)no1. The van der Waals surface area contributed by atoms with Gasteiger partial charge in [-0.15, -0.1) is 0 Å². The van der Waals surface area contributed by atoms with Crippen LogP contribution in [-0.4, -0.2) is 16.7 Å². The maximum Gasteiger partial charge on any atom is 0.243 e. The molecule has 4 nitrogen and oxygen atoms in total. The van der Waals surface area contributed by atoms with Crippen molar-refractivity contribution in [3.63, 3.8) is 0 Å². The number of nitrogens with one attached hydrogen (secondary N) is 1. The third-order valence-electron chi connectivity index (χ3n) is 1.87. The molecule has 1 N–H and O–H groups in total. The summed E-state index contributed by atoms with van der Waals surface area (Å²) >= 11 is 0. The predicted octanol–water partition coefficient (Wildman–Crippen LogP) is 1.83. The Bertz CT molecular complexity index is 241. The van der Waals surface area contributed by atoms with E-state index >= 15 is 0 Å². The highest BCUT2D eigenvalue weighted by atomic mass is 16.5. The van der Waals surface area contributed by atoms with Crippen LogP contribution in [0.1, 0.15) is 44.4 Å². The third-order valence-corrected chi connectivity index (χ3v) is 1.87. The Morgan fingerprint density at radius 1 is 1.46 bits per heavy atom. The molecule has 0 amide bonds. The standard InChI is InChI=1S/C9H17N3O/c1-4-6-8(10-5-2)9-11-7(3)12-13-9/h8,10H,4-6H2,1-3H3. The fourth-order valence-corrected chi connectivity index (χ4v) is 1.30. The van der Waals surface area contributed by atoms with Crippen molar-refractivity contribution in [3.8, 4) is 0 Å². The van der Waals surface area contributed by atoms with E-state index in [0.29, 0.717) is 11.7 Å². The topological polar surface area (TPSA) is 51.0 Å². The van der Waals surface area contributed by atoms with E-state index in [1.54, 1.807) is 0 Å². The van der Waals surface area contributed by atoms with Crippen molar-refractivity contribution >= 4 is 0 Å². The van der Waals surface area contributed by atoms with E-state index in [-0.39, 0.29) is 6.04 Å². The molecule has 0 aliphatic rings. The van der Waals surface area contributed by atoms with E-state index in [1.165, 1.54) is 0 Å². The van der Waals surface area contributed by atoms with E-state index in [4.69, 9.17) is 4.52 Å². The zero-order valence-electron chi connectivity index (χ0n) is 8.50. The molecule has 0 fully saturated rings. The molecule has 0 bridgehead atoms. The van der Waals surface area contributed by atoms with E-state index in [9.17, 15) is 0 Å². The van der Waals surface area contributed by atoms with Crippen molar-refractivity contribution in [3.05, 3.63) is 11.7 Å². The molecule has 0 aromatic carbocycles. The normalized spacial score (nSPS) is 13.2.